The molecule has 4 nitrogen and oxygen atoms in total. The second-order valence-corrected chi connectivity index (χ2v) is 6.97. The molecule has 1 aliphatic rings. The van der Waals surface area contributed by atoms with Gasteiger partial charge in [-0.2, -0.15) is 0 Å². The molecule has 1 heterocycles. The summed E-state index contributed by atoms with van der Waals surface area (Å²) in [6.07, 6.45) is 3.93. The average molecular weight is 343 g/mol. The number of carbonyl (C=O) groups excluding carboxylic acids is 2. The zero-order chi connectivity index (χ0) is 17.0. The Labute approximate surface area is 145 Å². The quantitative estimate of drug-likeness (QED) is 0.820. The summed E-state index contributed by atoms with van der Waals surface area (Å²) in [7, 11) is 0. The number of esters is 1. The van der Waals surface area contributed by atoms with Crippen LogP contribution in [0.5, 0.6) is 0 Å². The Bertz CT molecular complexity index is 701. The number of ether oxygens (including phenoxy) is 1. The number of thiophene rings is 1. The highest BCUT2D eigenvalue weighted by Gasteiger charge is 2.43. The fraction of sp³-hybridized carbons (Fsp3) is 0.368. The van der Waals surface area contributed by atoms with Crippen molar-refractivity contribution in [2.24, 2.45) is 0 Å². The van der Waals surface area contributed by atoms with Gasteiger partial charge < -0.3 is 10.1 Å². The SMILES string of the molecule is CCOC(=O)c1ccc(NC(=O)C2(c3cccs3)CCCC2)cc1. The molecule has 0 radical (unpaired) electrons. The zero-order valence-corrected chi connectivity index (χ0v) is 14.5. The van der Waals surface area contributed by atoms with Gasteiger partial charge in [-0.15, -0.1) is 11.3 Å². The Morgan fingerprint density at radius 2 is 1.88 bits per heavy atom. The Hall–Kier alpha value is -2.14. The van der Waals surface area contributed by atoms with E-state index in [4.69, 9.17) is 4.74 Å². The van der Waals surface area contributed by atoms with E-state index < -0.39 is 5.41 Å². The van der Waals surface area contributed by atoms with Crippen molar-refractivity contribution in [1.29, 1.82) is 0 Å². The Kier molecular flexibility index (Phi) is 5.00. The molecule has 1 saturated carbocycles. The lowest BCUT2D eigenvalue weighted by Crippen LogP contribution is -2.37. The van der Waals surface area contributed by atoms with Gasteiger partial charge >= 0.3 is 5.97 Å². The van der Waals surface area contributed by atoms with Gasteiger partial charge in [0.1, 0.15) is 0 Å². The number of hydrogen-bond donors (Lipinski definition) is 1. The van der Waals surface area contributed by atoms with Crippen LogP contribution in [0.1, 0.15) is 47.8 Å². The first-order valence-corrected chi connectivity index (χ1v) is 9.16. The fourth-order valence-corrected chi connectivity index (χ4v) is 4.25. The van der Waals surface area contributed by atoms with E-state index >= 15 is 0 Å². The monoisotopic (exact) mass is 343 g/mol. The van der Waals surface area contributed by atoms with E-state index in [1.807, 2.05) is 11.4 Å². The number of amides is 1. The number of hydrogen-bond acceptors (Lipinski definition) is 4. The van der Waals surface area contributed by atoms with Gasteiger partial charge in [0.15, 0.2) is 0 Å². The fourth-order valence-electron chi connectivity index (χ4n) is 3.27. The number of rotatable bonds is 5. The number of nitrogens with one attached hydrogen (secondary N) is 1. The third-order valence-corrected chi connectivity index (χ3v) is 5.61. The van der Waals surface area contributed by atoms with Gasteiger partial charge in [-0.1, -0.05) is 18.9 Å². The highest BCUT2D eigenvalue weighted by molar-refractivity contribution is 7.10. The molecule has 3 rings (SSSR count). The predicted molar refractivity (Wildman–Crippen MR) is 95.5 cm³/mol. The molecule has 1 aromatic carbocycles. The lowest BCUT2D eigenvalue weighted by atomic mass is 9.83. The molecule has 0 spiro atoms. The highest BCUT2D eigenvalue weighted by atomic mass is 32.1. The van der Waals surface area contributed by atoms with Gasteiger partial charge in [0.05, 0.1) is 17.6 Å². The molecule has 0 saturated heterocycles. The van der Waals surface area contributed by atoms with Crippen molar-refractivity contribution >= 4 is 28.9 Å². The van der Waals surface area contributed by atoms with Crippen LogP contribution in [0, 0.1) is 0 Å². The molecule has 1 N–H and O–H groups in total. The van der Waals surface area contributed by atoms with Crippen molar-refractivity contribution in [3.05, 3.63) is 52.2 Å². The molecule has 1 aliphatic carbocycles. The molecule has 0 bridgehead atoms. The maximum absolute atomic E-state index is 13.0. The normalized spacial score (nSPS) is 15.9. The smallest absolute Gasteiger partial charge is 0.338 e. The van der Waals surface area contributed by atoms with Gasteiger partial charge in [-0.3, -0.25) is 4.79 Å². The average Bonchev–Trinajstić information content (AvgIpc) is 3.28. The first-order chi connectivity index (χ1) is 11.7. The predicted octanol–water partition coefficient (Wildman–Crippen LogP) is 4.38. The minimum absolute atomic E-state index is 0.0475. The van der Waals surface area contributed by atoms with Crippen LogP contribution < -0.4 is 5.32 Å². The van der Waals surface area contributed by atoms with Crippen molar-refractivity contribution in [1.82, 2.24) is 0 Å². The first-order valence-electron chi connectivity index (χ1n) is 8.28. The van der Waals surface area contributed by atoms with Crippen LogP contribution >= 0.6 is 11.3 Å². The molecule has 1 amide bonds. The number of anilines is 1. The van der Waals surface area contributed by atoms with Crippen molar-refractivity contribution in [3.63, 3.8) is 0 Å². The molecule has 1 fully saturated rings. The minimum atomic E-state index is -0.409. The minimum Gasteiger partial charge on any atom is -0.462 e. The third-order valence-electron chi connectivity index (χ3n) is 4.54. The van der Waals surface area contributed by atoms with E-state index in [0.29, 0.717) is 17.9 Å². The van der Waals surface area contributed by atoms with Crippen LogP contribution in [0.25, 0.3) is 0 Å². The van der Waals surface area contributed by atoms with Crippen LogP contribution in [0.4, 0.5) is 5.69 Å². The summed E-state index contributed by atoms with van der Waals surface area (Å²) in [6, 6.07) is 10.9. The second-order valence-electron chi connectivity index (χ2n) is 6.02. The van der Waals surface area contributed by atoms with Gasteiger partial charge in [-0.25, -0.2) is 4.79 Å². The molecule has 0 aliphatic heterocycles. The molecule has 1 aromatic heterocycles. The van der Waals surface area contributed by atoms with Crippen LogP contribution in [0.2, 0.25) is 0 Å². The first kappa shape index (κ1) is 16.7. The summed E-state index contributed by atoms with van der Waals surface area (Å²) < 4.78 is 4.97. The van der Waals surface area contributed by atoms with E-state index in [0.717, 1.165) is 30.6 Å². The van der Waals surface area contributed by atoms with E-state index in [9.17, 15) is 9.59 Å². The van der Waals surface area contributed by atoms with Crippen LogP contribution in [0.3, 0.4) is 0 Å². The van der Waals surface area contributed by atoms with Gasteiger partial charge in [0.25, 0.3) is 0 Å². The van der Waals surface area contributed by atoms with Crippen LogP contribution in [-0.2, 0) is 14.9 Å². The third kappa shape index (κ3) is 3.22. The van der Waals surface area contributed by atoms with E-state index in [1.54, 1.807) is 42.5 Å². The summed E-state index contributed by atoms with van der Waals surface area (Å²) in [6.45, 7) is 2.12. The molecular formula is C19H21NO3S. The molecular weight excluding hydrogens is 322 g/mol. The van der Waals surface area contributed by atoms with Crippen LogP contribution in [0.15, 0.2) is 41.8 Å². The summed E-state index contributed by atoms with van der Waals surface area (Å²) in [5, 5.41) is 5.05. The van der Waals surface area contributed by atoms with Gasteiger partial charge in [0, 0.05) is 10.6 Å². The van der Waals surface area contributed by atoms with E-state index in [1.165, 1.54) is 0 Å². The van der Waals surface area contributed by atoms with Crippen molar-refractivity contribution < 1.29 is 14.3 Å². The number of carbonyl (C=O) groups is 2. The molecule has 2 aromatic rings. The lowest BCUT2D eigenvalue weighted by Gasteiger charge is -2.26. The second kappa shape index (κ2) is 7.18. The van der Waals surface area contributed by atoms with Crippen molar-refractivity contribution in [2.45, 2.75) is 38.0 Å². The van der Waals surface area contributed by atoms with Crippen molar-refractivity contribution in [2.75, 3.05) is 11.9 Å². The van der Waals surface area contributed by atoms with Gasteiger partial charge in [-0.05, 0) is 55.5 Å². The Morgan fingerprint density at radius 1 is 1.17 bits per heavy atom. The summed E-state index contributed by atoms with van der Waals surface area (Å²) in [5.74, 6) is -0.299. The van der Waals surface area contributed by atoms with Crippen molar-refractivity contribution in [3.8, 4) is 0 Å². The van der Waals surface area contributed by atoms with E-state index in [-0.39, 0.29) is 11.9 Å². The van der Waals surface area contributed by atoms with E-state index in [2.05, 4.69) is 11.4 Å². The zero-order valence-electron chi connectivity index (χ0n) is 13.7. The molecule has 0 unspecified atom stereocenters. The topological polar surface area (TPSA) is 55.4 Å². The summed E-state index contributed by atoms with van der Waals surface area (Å²) >= 11 is 1.65. The summed E-state index contributed by atoms with van der Waals surface area (Å²) in [5.41, 5.74) is 0.785. The standard InChI is InChI=1S/C19H21NO3S/c1-2-23-17(21)14-7-9-15(10-8-14)20-18(22)19(11-3-4-12-19)16-6-5-13-24-16/h5-10,13H,2-4,11-12H2,1H3,(H,20,22). The molecule has 5 heteroatoms. The Morgan fingerprint density at radius 3 is 2.46 bits per heavy atom. The maximum Gasteiger partial charge on any atom is 0.338 e. The molecule has 0 atom stereocenters. The Balaban J connectivity index is 1.75. The largest absolute Gasteiger partial charge is 0.462 e. The lowest BCUT2D eigenvalue weighted by molar-refractivity contribution is -0.121. The molecule has 24 heavy (non-hydrogen) atoms. The summed E-state index contributed by atoms with van der Waals surface area (Å²) in [4.78, 5) is 25.8. The highest BCUT2D eigenvalue weighted by Crippen LogP contribution is 2.43. The maximum atomic E-state index is 13.0. The number of benzene rings is 1. The molecule has 126 valence electrons. The van der Waals surface area contributed by atoms with Gasteiger partial charge in [0.2, 0.25) is 5.91 Å². The van der Waals surface area contributed by atoms with Crippen LogP contribution in [-0.4, -0.2) is 18.5 Å².